The number of carboxylic acids is 2. The van der Waals surface area contributed by atoms with Crippen molar-refractivity contribution >= 4 is 87.2 Å². The number of phenolic OH excluding ortho intramolecular Hbond substituents is 3. The average molecular weight is 1210 g/mol. The first-order valence-corrected chi connectivity index (χ1v) is 29.0. The maximum absolute atomic E-state index is 14.4. The van der Waals surface area contributed by atoms with Crippen molar-refractivity contribution in [3.05, 3.63) is 75.2 Å². The fraction of sp³-hybridized carbons (Fsp3) is 0.517. The number of thiophene rings is 1. The van der Waals surface area contributed by atoms with Crippen LogP contribution in [0.5, 0.6) is 23.0 Å². The van der Waals surface area contributed by atoms with Crippen molar-refractivity contribution in [3.8, 4) is 23.0 Å². The maximum atomic E-state index is 14.4. The number of hydrogen-bond acceptors (Lipinski definition) is 21. The lowest BCUT2D eigenvalue weighted by Gasteiger charge is -2.43. The highest BCUT2D eigenvalue weighted by atomic mass is 32.2. The zero-order chi connectivity index (χ0) is 62.2. The van der Waals surface area contributed by atoms with E-state index in [1.165, 1.54) is 87.4 Å². The number of nitrogens with zero attached hydrogens (tertiary/aromatic N) is 4. The van der Waals surface area contributed by atoms with E-state index in [2.05, 4.69) is 20.6 Å². The number of ketones is 1. The highest BCUT2D eigenvalue weighted by Crippen LogP contribution is 2.55. The van der Waals surface area contributed by atoms with Crippen LogP contribution in [-0.2, 0) is 43.0 Å². The van der Waals surface area contributed by atoms with Crippen molar-refractivity contribution in [2.24, 2.45) is 28.8 Å². The molecule has 0 radical (unpaired) electrons. The Labute approximate surface area is 493 Å². The molecule has 1 aromatic heterocycles. The van der Waals surface area contributed by atoms with E-state index in [0.29, 0.717) is 18.7 Å². The topological polar surface area (TPSA) is 344 Å². The van der Waals surface area contributed by atoms with Crippen LogP contribution < -0.4 is 15.4 Å². The van der Waals surface area contributed by atoms with Gasteiger partial charge in [-0.05, 0) is 63.2 Å². The third-order valence-corrected chi connectivity index (χ3v) is 18.5. The number of nitrogens with one attached hydrogen (secondary N) is 2. The molecule has 9 N–H and O–H groups in total. The number of esters is 1. The lowest BCUT2D eigenvalue weighted by molar-refractivity contribution is -0.161. The molecule has 0 aliphatic carbocycles. The number of anilines is 1. The van der Waals surface area contributed by atoms with Gasteiger partial charge in [-0.2, -0.15) is 16.4 Å². The summed E-state index contributed by atoms with van der Waals surface area (Å²) >= 11 is 2.56. The molecule has 6 aliphatic rings. The van der Waals surface area contributed by atoms with Gasteiger partial charge in [0.2, 0.25) is 11.8 Å². The van der Waals surface area contributed by atoms with Crippen LogP contribution in [0.4, 0.5) is 5.69 Å². The van der Waals surface area contributed by atoms with E-state index < -0.39 is 141 Å². The molecule has 9 rings (SSSR count). The number of carbonyl (C=O) groups is 7. The third-order valence-electron chi connectivity index (χ3n) is 16.2. The van der Waals surface area contributed by atoms with Crippen LogP contribution in [0.25, 0.3) is 10.8 Å². The number of methoxy groups -OCH3 is 1. The number of aliphatic hydroxyl groups excluding tert-OH is 2. The van der Waals surface area contributed by atoms with E-state index in [4.69, 9.17) is 18.9 Å². The molecule has 0 saturated carbocycles. The van der Waals surface area contributed by atoms with Gasteiger partial charge in [-0.15, -0.1) is 11.8 Å². The van der Waals surface area contributed by atoms with Gasteiger partial charge >= 0.3 is 23.7 Å². The first kappa shape index (κ1) is 64.3. The van der Waals surface area contributed by atoms with Gasteiger partial charge in [0.15, 0.2) is 11.7 Å². The minimum Gasteiger partial charge on any atom is -0.507 e. The number of fused-ring (bicyclic) bond motifs is 15. The van der Waals surface area contributed by atoms with Crippen molar-refractivity contribution in [2.45, 2.75) is 128 Å². The molecule has 84 heavy (non-hydrogen) atoms. The Morgan fingerprint density at radius 2 is 1.58 bits per heavy atom. The summed E-state index contributed by atoms with van der Waals surface area (Å²) in [6.07, 6.45) is 4.86. The number of Topliss-reactive ketones (excluding diaryl/α,β-unsaturated/α-hetero) is 1. The third kappa shape index (κ3) is 12.6. The number of amides is 3. The normalized spacial score (nSPS) is 30.9. The van der Waals surface area contributed by atoms with Gasteiger partial charge in [-0.3, -0.25) is 33.8 Å². The molecule has 13 atom stereocenters. The lowest BCUT2D eigenvalue weighted by atomic mass is 9.78. The summed E-state index contributed by atoms with van der Waals surface area (Å²) in [7, 11) is 3.42. The number of rotatable bonds is 9. The van der Waals surface area contributed by atoms with E-state index >= 15 is 0 Å². The molecule has 5 bridgehead atoms. The number of allylic oxidation sites excluding steroid dienone is 2. The SMILES string of the molecule is CC1(C)S[C@@H]2[C@H](NC(=O)[C@H](C(=O)O)c3ccsc3)C(=O)N2[C@H]1C(=O)O.CO[C@H]1/C=C/O[C@@]2(C)Oc3c(C)c(O)c4c(O)c(c(/C=N/N5CCN(C)CC5)c(O)c4c3C2=O)NC(=O)/C(C)=C\C=C\[C@H](C)[C@H](O)[C@@H](C)[C@@H](O)[C@@H](C)[C@H](OC(C)=O)[C@@H]1C. The van der Waals surface area contributed by atoms with E-state index in [1.54, 1.807) is 75.5 Å². The average Bonchev–Trinajstić information content (AvgIpc) is 2.49. The monoisotopic (exact) mass is 1210 g/mol. The van der Waals surface area contributed by atoms with Crippen LogP contribution in [0.15, 0.2) is 58.1 Å². The molecular formula is C58H74N6O18S2. The Kier molecular flexibility index (Phi) is 19.6. The zero-order valence-electron chi connectivity index (χ0n) is 48.7. The summed E-state index contributed by atoms with van der Waals surface area (Å²) < 4.78 is 22.9. The van der Waals surface area contributed by atoms with E-state index in [9.17, 15) is 69.3 Å². The Morgan fingerprint density at radius 3 is 2.18 bits per heavy atom. The molecule has 6 aliphatic heterocycles. The molecule has 3 fully saturated rings. The second-order valence-corrected chi connectivity index (χ2v) is 25.1. The van der Waals surface area contributed by atoms with Crippen LogP contribution in [0, 0.1) is 30.6 Å². The first-order chi connectivity index (χ1) is 39.4. The summed E-state index contributed by atoms with van der Waals surface area (Å²) in [5.74, 6) is -13.4. The van der Waals surface area contributed by atoms with Crippen molar-refractivity contribution in [3.63, 3.8) is 0 Å². The number of carboxylic acid groups (broad SMARTS) is 2. The molecule has 2 aromatic carbocycles. The number of hydrogen-bond donors (Lipinski definition) is 9. The number of phenols is 3. The van der Waals surface area contributed by atoms with E-state index in [1.807, 2.05) is 7.05 Å². The number of aliphatic hydroxyl groups is 2. The number of aromatic hydroxyl groups is 3. The van der Waals surface area contributed by atoms with Gasteiger partial charge in [0.25, 0.3) is 11.7 Å². The number of thioether (sulfide) groups is 1. The predicted octanol–water partition coefficient (Wildman–Crippen LogP) is 4.88. The van der Waals surface area contributed by atoms with Gasteiger partial charge in [-0.1, -0.05) is 45.9 Å². The molecule has 24 nitrogen and oxygen atoms in total. The van der Waals surface area contributed by atoms with Crippen molar-refractivity contribution in [1.82, 2.24) is 20.1 Å². The predicted molar refractivity (Wildman–Crippen MR) is 311 cm³/mol. The number of piperazine rings is 1. The molecule has 3 aromatic rings. The maximum Gasteiger partial charge on any atom is 0.327 e. The molecule has 0 spiro atoms. The summed E-state index contributed by atoms with van der Waals surface area (Å²) in [5.41, 5.74) is -0.00149. The highest BCUT2D eigenvalue weighted by Gasteiger charge is 2.64. The minimum absolute atomic E-state index is 0.0559. The Balaban J connectivity index is 0.000000335. The molecule has 26 heteroatoms. The number of benzene rings is 2. The van der Waals surface area contributed by atoms with Gasteiger partial charge < -0.3 is 75.1 Å². The standard InChI is InChI=1S/C43H58N4O12.C15H16N2O6S2/c1-21-12-11-13-22(2)42(55)45-33-28(20-44-47-17-15-46(9)16-18-47)37(52)30-31(38(33)53)36(51)26(6)40-32(30)41(54)43(8,59-40)57-19-14-29(56-10)23(3)39(58-27(7)48)25(5)35(50)24(4)34(21)49;1-15(2)9(14(22)23)17-11(19)8(12(17)25-15)16-10(18)7(13(20)21)6-3-4-24-5-6/h11-14,19-21,23-25,29,34-35,39,49-53H,15-18H2,1-10H3,(H,45,55);3-5,7-9,12H,1-2H3,(H,16,18)(H,20,21)(H,22,23)/b12-11+,19-14+,22-13-,44-20+;/t21-,23+,24+,25+,29-,34-,35+,39+,43-;7-,8-,9+,12-/m01/s1. The quantitative estimate of drug-likeness (QED) is 0.0344. The zero-order valence-corrected chi connectivity index (χ0v) is 50.3. The van der Waals surface area contributed by atoms with E-state index in [-0.39, 0.29) is 44.5 Å². The van der Waals surface area contributed by atoms with Crippen molar-refractivity contribution in [2.75, 3.05) is 45.7 Å². The summed E-state index contributed by atoms with van der Waals surface area (Å²) in [5, 5.41) is 90.8. The van der Waals surface area contributed by atoms with Gasteiger partial charge in [0.1, 0.15) is 40.8 Å². The second-order valence-electron chi connectivity index (χ2n) is 22.5. The Bertz CT molecular complexity index is 3190. The number of aliphatic carboxylic acids is 2. The minimum atomic E-state index is -2.04. The van der Waals surface area contributed by atoms with Crippen LogP contribution in [-0.4, -0.2) is 191 Å². The van der Waals surface area contributed by atoms with Gasteiger partial charge in [0.05, 0.1) is 53.0 Å². The largest absolute Gasteiger partial charge is 0.507 e. The van der Waals surface area contributed by atoms with Crippen LogP contribution in [0.2, 0.25) is 0 Å². The Morgan fingerprint density at radius 1 is 0.917 bits per heavy atom. The van der Waals surface area contributed by atoms with Crippen LogP contribution >= 0.6 is 23.1 Å². The van der Waals surface area contributed by atoms with Crippen LogP contribution in [0.1, 0.15) is 95.3 Å². The summed E-state index contributed by atoms with van der Waals surface area (Å²) in [6.45, 7) is 18.5. The van der Waals surface area contributed by atoms with Crippen molar-refractivity contribution in [1.29, 1.82) is 0 Å². The number of hydrazone groups is 1. The molecule has 3 saturated heterocycles. The lowest BCUT2D eigenvalue weighted by Crippen LogP contribution is -2.71. The van der Waals surface area contributed by atoms with Gasteiger partial charge in [-0.25, -0.2) is 4.79 Å². The van der Waals surface area contributed by atoms with E-state index in [0.717, 1.165) is 13.1 Å². The number of β-lactam (4-membered cyclic amide) rings is 1. The summed E-state index contributed by atoms with van der Waals surface area (Å²) in [6, 6.07) is -0.344. The second kappa shape index (κ2) is 25.5. The molecule has 3 amide bonds. The van der Waals surface area contributed by atoms with Crippen molar-refractivity contribution < 1.29 is 88.3 Å². The molecule has 456 valence electrons. The molecule has 0 unspecified atom stereocenters. The smallest absolute Gasteiger partial charge is 0.327 e. The number of ether oxygens (including phenoxy) is 4. The van der Waals surface area contributed by atoms with Gasteiger partial charge in [0, 0.05) is 92.1 Å². The number of likely N-dealkylation sites (N-methyl/N-ethyl adjacent to an activating group) is 1. The highest BCUT2D eigenvalue weighted by molar-refractivity contribution is 8.01. The fourth-order valence-electron chi connectivity index (χ4n) is 11.2. The number of carbonyl (C=O) groups excluding carboxylic acids is 5. The molecule has 7 heterocycles. The fourth-order valence-corrected chi connectivity index (χ4v) is 13.5. The molecular weight excluding hydrogens is 1130 g/mol. The van der Waals surface area contributed by atoms with Crippen LogP contribution in [0.3, 0.4) is 0 Å². The first-order valence-electron chi connectivity index (χ1n) is 27.2. The summed E-state index contributed by atoms with van der Waals surface area (Å²) in [4.78, 5) is 91.5. The Hall–Kier alpha value is -7.23.